The number of aryl methyl sites for hydroxylation is 1. The van der Waals surface area contributed by atoms with Gasteiger partial charge >= 0.3 is 0 Å². The first-order valence-electron chi connectivity index (χ1n) is 8.66. The van der Waals surface area contributed by atoms with Crippen molar-refractivity contribution in [2.24, 2.45) is 0 Å². The Kier molecular flexibility index (Phi) is 4.53. The lowest BCUT2D eigenvalue weighted by molar-refractivity contribution is 0.408. The van der Waals surface area contributed by atoms with Gasteiger partial charge in [-0.3, -0.25) is 4.98 Å². The van der Waals surface area contributed by atoms with E-state index in [9.17, 15) is 0 Å². The highest BCUT2D eigenvalue weighted by Gasteiger charge is 2.26. The van der Waals surface area contributed by atoms with Crippen LogP contribution in [0.4, 0.5) is 0 Å². The van der Waals surface area contributed by atoms with Crippen LogP contribution in [0.5, 0.6) is 0 Å². The zero-order chi connectivity index (χ0) is 16.4. The summed E-state index contributed by atoms with van der Waals surface area (Å²) in [6, 6.07) is 4.50. The molecule has 3 heterocycles. The highest BCUT2D eigenvalue weighted by Crippen LogP contribution is 2.30. The Morgan fingerprint density at radius 2 is 2.04 bits per heavy atom. The van der Waals surface area contributed by atoms with Crippen molar-refractivity contribution in [1.29, 1.82) is 0 Å². The minimum Gasteiger partial charge on any atom is -0.334 e. The van der Waals surface area contributed by atoms with Gasteiger partial charge in [-0.2, -0.15) is 0 Å². The fourth-order valence-electron chi connectivity index (χ4n) is 3.22. The number of aromatic nitrogens is 3. The zero-order valence-corrected chi connectivity index (χ0v) is 14.7. The van der Waals surface area contributed by atoms with Gasteiger partial charge < -0.3 is 9.88 Å². The van der Waals surface area contributed by atoms with Gasteiger partial charge in [-0.1, -0.05) is 20.8 Å². The van der Waals surface area contributed by atoms with Gasteiger partial charge in [-0.05, 0) is 37.5 Å². The molecule has 4 heteroatoms. The molecule has 3 rings (SSSR count). The molecule has 0 spiro atoms. The molecule has 0 aliphatic carbocycles. The summed E-state index contributed by atoms with van der Waals surface area (Å²) in [6.07, 6.45) is 8.43. The van der Waals surface area contributed by atoms with E-state index in [4.69, 9.17) is 4.98 Å². The number of nitrogens with zero attached hydrogens (tertiary/aromatic N) is 3. The summed E-state index contributed by atoms with van der Waals surface area (Å²) < 4.78 is 2.37. The Bertz CT molecular complexity index is 639. The fourth-order valence-corrected chi connectivity index (χ4v) is 3.22. The number of rotatable bonds is 4. The molecule has 0 saturated carbocycles. The van der Waals surface area contributed by atoms with E-state index >= 15 is 0 Å². The zero-order valence-electron chi connectivity index (χ0n) is 14.7. The van der Waals surface area contributed by atoms with Crippen LogP contribution >= 0.6 is 0 Å². The Balaban J connectivity index is 1.70. The van der Waals surface area contributed by atoms with Crippen molar-refractivity contribution in [3.63, 3.8) is 0 Å². The smallest absolute Gasteiger partial charge is 0.113 e. The van der Waals surface area contributed by atoms with E-state index in [0.29, 0.717) is 12.0 Å². The van der Waals surface area contributed by atoms with Crippen molar-refractivity contribution in [2.75, 3.05) is 6.54 Å². The van der Waals surface area contributed by atoms with E-state index in [-0.39, 0.29) is 5.41 Å². The van der Waals surface area contributed by atoms with Gasteiger partial charge in [0.2, 0.25) is 0 Å². The Morgan fingerprint density at radius 3 is 2.74 bits per heavy atom. The number of hydrogen-bond donors (Lipinski definition) is 1. The van der Waals surface area contributed by atoms with Crippen LogP contribution in [-0.2, 0) is 12.0 Å². The van der Waals surface area contributed by atoms with Crippen LogP contribution in [0.15, 0.2) is 30.7 Å². The first-order valence-corrected chi connectivity index (χ1v) is 8.66. The average molecular weight is 312 g/mol. The number of pyridine rings is 1. The van der Waals surface area contributed by atoms with Gasteiger partial charge in [-0.15, -0.1) is 0 Å². The van der Waals surface area contributed by atoms with E-state index in [0.717, 1.165) is 13.1 Å². The standard InChI is InChI=1S/C19H28N4/c1-14(15-7-9-20-10-8-15)21-12-16-6-5-11-23-13-17(19(2,3)4)22-18(16)23/h7-10,13-14,16,21H,5-6,11-12H2,1-4H3/t14-,16-/m0/s1. The third-order valence-corrected chi connectivity index (χ3v) is 4.77. The molecule has 0 radical (unpaired) electrons. The van der Waals surface area contributed by atoms with Crippen LogP contribution in [0.3, 0.4) is 0 Å². The normalized spacial score (nSPS) is 19.4. The molecule has 2 atom stereocenters. The molecule has 0 aromatic carbocycles. The van der Waals surface area contributed by atoms with Gasteiger partial charge in [0.15, 0.2) is 0 Å². The lowest BCUT2D eigenvalue weighted by Crippen LogP contribution is -2.28. The van der Waals surface area contributed by atoms with Gasteiger partial charge in [0.05, 0.1) is 5.69 Å². The van der Waals surface area contributed by atoms with Crippen molar-refractivity contribution >= 4 is 0 Å². The molecule has 0 bridgehead atoms. The Labute approximate surface area is 139 Å². The maximum Gasteiger partial charge on any atom is 0.113 e. The summed E-state index contributed by atoms with van der Waals surface area (Å²) in [5, 5.41) is 3.68. The second-order valence-corrected chi connectivity index (χ2v) is 7.68. The summed E-state index contributed by atoms with van der Waals surface area (Å²) in [5.41, 5.74) is 2.61. The molecular weight excluding hydrogens is 284 g/mol. The van der Waals surface area contributed by atoms with E-state index < -0.39 is 0 Å². The molecule has 4 nitrogen and oxygen atoms in total. The van der Waals surface area contributed by atoms with Crippen molar-refractivity contribution in [3.8, 4) is 0 Å². The first-order chi connectivity index (χ1) is 10.9. The molecule has 2 aromatic rings. The monoisotopic (exact) mass is 312 g/mol. The first kappa shape index (κ1) is 16.2. The number of fused-ring (bicyclic) bond motifs is 1. The fraction of sp³-hybridized carbons (Fsp3) is 0.579. The van der Waals surface area contributed by atoms with Crippen molar-refractivity contribution < 1.29 is 0 Å². The summed E-state index contributed by atoms with van der Waals surface area (Å²) in [6.45, 7) is 11.0. The quantitative estimate of drug-likeness (QED) is 0.933. The highest BCUT2D eigenvalue weighted by atomic mass is 15.1. The summed E-state index contributed by atoms with van der Waals surface area (Å²) in [5.74, 6) is 1.76. The third kappa shape index (κ3) is 3.63. The summed E-state index contributed by atoms with van der Waals surface area (Å²) in [7, 11) is 0. The molecule has 1 aliphatic heterocycles. The molecule has 2 aromatic heterocycles. The number of nitrogens with one attached hydrogen (secondary N) is 1. The predicted molar refractivity (Wildman–Crippen MR) is 93.6 cm³/mol. The van der Waals surface area contributed by atoms with Crippen LogP contribution in [0.25, 0.3) is 0 Å². The van der Waals surface area contributed by atoms with E-state index in [2.05, 4.69) is 60.9 Å². The minimum atomic E-state index is 0.118. The second kappa shape index (κ2) is 6.44. The maximum absolute atomic E-state index is 4.97. The van der Waals surface area contributed by atoms with Gasteiger partial charge in [0.1, 0.15) is 5.82 Å². The van der Waals surface area contributed by atoms with Crippen molar-refractivity contribution in [1.82, 2.24) is 19.9 Å². The van der Waals surface area contributed by atoms with E-state index in [1.165, 1.54) is 29.9 Å². The van der Waals surface area contributed by atoms with Crippen LogP contribution in [-0.4, -0.2) is 21.1 Å². The van der Waals surface area contributed by atoms with Crippen LogP contribution in [0, 0.1) is 0 Å². The van der Waals surface area contributed by atoms with E-state index in [1.807, 2.05) is 12.4 Å². The molecule has 23 heavy (non-hydrogen) atoms. The topological polar surface area (TPSA) is 42.7 Å². The van der Waals surface area contributed by atoms with Gasteiger partial charge in [0.25, 0.3) is 0 Å². The number of hydrogen-bond acceptors (Lipinski definition) is 3. The number of imidazole rings is 1. The lowest BCUT2D eigenvalue weighted by atomic mass is 9.93. The molecular formula is C19H28N4. The molecule has 1 N–H and O–H groups in total. The van der Waals surface area contributed by atoms with Crippen LogP contribution in [0.1, 0.15) is 69.6 Å². The molecule has 1 aliphatic rings. The molecule has 124 valence electrons. The minimum absolute atomic E-state index is 0.118. The predicted octanol–water partition coefficient (Wildman–Crippen LogP) is 3.80. The van der Waals surface area contributed by atoms with Gasteiger partial charge in [-0.25, -0.2) is 4.98 Å². The summed E-state index contributed by atoms with van der Waals surface area (Å²) in [4.78, 5) is 9.06. The second-order valence-electron chi connectivity index (χ2n) is 7.68. The lowest BCUT2D eigenvalue weighted by Gasteiger charge is -2.25. The highest BCUT2D eigenvalue weighted by molar-refractivity contribution is 5.18. The largest absolute Gasteiger partial charge is 0.334 e. The van der Waals surface area contributed by atoms with Gasteiger partial charge in [0, 0.05) is 49.1 Å². The van der Waals surface area contributed by atoms with Crippen molar-refractivity contribution in [3.05, 3.63) is 47.8 Å². The molecule has 0 saturated heterocycles. The Morgan fingerprint density at radius 1 is 1.30 bits per heavy atom. The average Bonchev–Trinajstić information content (AvgIpc) is 2.98. The molecule has 0 fully saturated rings. The SMILES string of the molecule is C[C@H](NC[C@@H]1CCCn2cc(C(C)(C)C)nc21)c1ccncc1. The summed E-state index contributed by atoms with van der Waals surface area (Å²) >= 11 is 0. The molecule has 0 amide bonds. The van der Waals surface area contributed by atoms with Crippen LogP contribution in [0.2, 0.25) is 0 Å². The van der Waals surface area contributed by atoms with E-state index in [1.54, 1.807) is 0 Å². The third-order valence-electron chi connectivity index (χ3n) is 4.77. The molecule has 0 unspecified atom stereocenters. The van der Waals surface area contributed by atoms with Crippen LogP contribution < -0.4 is 5.32 Å². The van der Waals surface area contributed by atoms with Crippen molar-refractivity contribution in [2.45, 2.75) is 64.5 Å². The Hall–Kier alpha value is -1.68. The maximum atomic E-state index is 4.97.